The Labute approximate surface area is 82.9 Å². The molecular weight excluding hydrogens is 212 g/mol. The van der Waals surface area contributed by atoms with Crippen LogP contribution in [0.1, 0.15) is 20.8 Å². The van der Waals surface area contributed by atoms with Crippen molar-refractivity contribution in [1.82, 2.24) is 0 Å². The van der Waals surface area contributed by atoms with E-state index in [1.54, 1.807) is 0 Å². The first-order chi connectivity index (χ1) is 6.08. The van der Waals surface area contributed by atoms with Gasteiger partial charge in [-0.3, -0.25) is 4.55 Å². The largest absolute Gasteiger partial charge is 0.391 e. The molecule has 0 aromatic carbocycles. The minimum Gasteiger partial charge on any atom is -0.391 e. The second-order valence-corrected chi connectivity index (χ2v) is 5.01. The first-order valence-electron chi connectivity index (χ1n) is 4.09. The first-order valence-corrected chi connectivity index (χ1v) is 5.53. The Balaban J connectivity index is 5.66. The van der Waals surface area contributed by atoms with Crippen molar-refractivity contribution >= 4 is 10.1 Å². The molecular formula is C7H16O6S. The Bertz CT molecular complexity index is 257. The van der Waals surface area contributed by atoms with Crippen molar-refractivity contribution in [3.63, 3.8) is 0 Å². The molecule has 14 heavy (non-hydrogen) atoms. The van der Waals surface area contributed by atoms with Crippen LogP contribution in [0.4, 0.5) is 0 Å². The highest BCUT2D eigenvalue weighted by atomic mass is 32.2. The lowest BCUT2D eigenvalue weighted by atomic mass is 9.91. The van der Waals surface area contributed by atoms with Crippen LogP contribution in [0.2, 0.25) is 0 Å². The zero-order valence-electron chi connectivity index (χ0n) is 8.25. The van der Waals surface area contributed by atoms with Gasteiger partial charge in [0.1, 0.15) is 0 Å². The topological polar surface area (TPSA) is 115 Å². The van der Waals surface area contributed by atoms with Gasteiger partial charge in [0.15, 0.2) is 4.75 Å². The van der Waals surface area contributed by atoms with Gasteiger partial charge in [-0.15, -0.1) is 0 Å². The van der Waals surface area contributed by atoms with Crippen LogP contribution < -0.4 is 0 Å². The van der Waals surface area contributed by atoms with Gasteiger partial charge >= 0.3 is 0 Å². The highest BCUT2D eigenvalue weighted by Crippen LogP contribution is 2.29. The predicted molar refractivity (Wildman–Crippen MR) is 49.3 cm³/mol. The van der Waals surface area contributed by atoms with Crippen LogP contribution in [0.3, 0.4) is 0 Å². The van der Waals surface area contributed by atoms with E-state index in [1.165, 1.54) is 0 Å². The number of hydrogen-bond acceptors (Lipinski definition) is 5. The van der Waals surface area contributed by atoms with Gasteiger partial charge < -0.3 is 15.3 Å². The van der Waals surface area contributed by atoms with E-state index in [4.69, 9.17) is 4.55 Å². The maximum Gasteiger partial charge on any atom is 0.278 e. The van der Waals surface area contributed by atoms with Crippen LogP contribution in [0.15, 0.2) is 0 Å². The summed E-state index contributed by atoms with van der Waals surface area (Å²) in [4.78, 5) is 0. The standard InChI is InChI=1S/C7H16O6S/c1-4(8)7(5(2)9,6(3)10)14(11,12)13/h4-6,8-10H,1-3H3,(H,11,12,13). The summed E-state index contributed by atoms with van der Waals surface area (Å²) in [6.07, 6.45) is -4.80. The minimum atomic E-state index is -4.77. The fourth-order valence-corrected chi connectivity index (χ4v) is 2.99. The summed E-state index contributed by atoms with van der Waals surface area (Å²) in [5.41, 5.74) is 0. The van der Waals surface area contributed by atoms with Crippen molar-refractivity contribution in [2.45, 2.75) is 43.8 Å². The highest BCUT2D eigenvalue weighted by Gasteiger charge is 2.55. The zero-order chi connectivity index (χ0) is 11.7. The second kappa shape index (κ2) is 4.11. The Kier molecular flexibility index (Phi) is 4.05. The van der Waals surface area contributed by atoms with Gasteiger partial charge in [0.05, 0.1) is 18.3 Å². The summed E-state index contributed by atoms with van der Waals surface area (Å²) >= 11 is 0. The molecule has 86 valence electrons. The van der Waals surface area contributed by atoms with E-state index in [0.717, 1.165) is 20.8 Å². The SMILES string of the molecule is CC(O)C(C(C)O)(C(C)O)S(=O)(=O)O. The lowest BCUT2D eigenvalue weighted by molar-refractivity contribution is -0.0203. The number of aliphatic hydroxyl groups is 3. The number of hydrogen-bond donors (Lipinski definition) is 4. The average Bonchev–Trinajstić information content (AvgIpc) is 1.79. The Morgan fingerprint density at radius 1 is 0.929 bits per heavy atom. The van der Waals surface area contributed by atoms with E-state index < -0.39 is 33.2 Å². The van der Waals surface area contributed by atoms with E-state index in [0.29, 0.717) is 0 Å². The summed E-state index contributed by atoms with van der Waals surface area (Å²) in [7, 11) is -4.77. The van der Waals surface area contributed by atoms with E-state index >= 15 is 0 Å². The summed E-state index contributed by atoms with van der Waals surface area (Å²) < 4.78 is 28.7. The summed E-state index contributed by atoms with van der Waals surface area (Å²) in [6.45, 7) is 3.23. The van der Waals surface area contributed by atoms with E-state index in [9.17, 15) is 23.7 Å². The average molecular weight is 228 g/mol. The molecule has 0 radical (unpaired) electrons. The molecule has 6 nitrogen and oxygen atoms in total. The zero-order valence-corrected chi connectivity index (χ0v) is 9.06. The molecule has 0 spiro atoms. The first kappa shape index (κ1) is 13.8. The van der Waals surface area contributed by atoms with Gasteiger partial charge in [-0.1, -0.05) is 0 Å². The number of rotatable bonds is 4. The van der Waals surface area contributed by atoms with Crippen LogP contribution in [-0.2, 0) is 10.1 Å². The third-order valence-electron chi connectivity index (χ3n) is 2.41. The molecule has 7 heteroatoms. The molecule has 0 aliphatic heterocycles. The van der Waals surface area contributed by atoms with E-state index in [2.05, 4.69) is 0 Å². The Morgan fingerprint density at radius 2 is 1.14 bits per heavy atom. The molecule has 4 N–H and O–H groups in total. The lowest BCUT2D eigenvalue weighted by Gasteiger charge is -2.38. The molecule has 0 saturated heterocycles. The third-order valence-corrected chi connectivity index (χ3v) is 4.32. The quantitative estimate of drug-likeness (QED) is 0.447. The minimum absolute atomic E-state index is 1.08. The van der Waals surface area contributed by atoms with Crippen molar-refractivity contribution in [2.24, 2.45) is 0 Å². The molecule has 0 heterocycles. The molecule has 0 aromatic heterocycles. The van der Waals surface area contributed by atoms with Crippen LogP contribution in [-0.4, -0.2) is 51.3 Å². The maximum atomic E-state index is 11.1. The van der Waals surface area contributed by atoms with Gasteiger partial charge in [0.25, 0.3) is 10.1 Å². The molecule has 0 bridgehead atoms. The predicted octanol–water partition coefficient (Wildman–Crippen LogP) is -1.24. The molecule has 0 rings (SSSR count). The van der Waals surface area contributed by atoms with Crippen molar-refractivity contribution in [3.05, 3.63) is 0 Å². The molecule has 3 unspecified atom stereocenters. The second-order valence-electron chi connectivity index (χ2n) is 3.36. The van der Waals surface area contributed by atoms with Crippen molar-refractivity contribution < 1.29 is 28.3 Å². The Morgan fingerprint density at radius 3 is 1.14 bits per heavy atom. The molecule has 0 aliphatic rings. The molecule has 0 fully saturated rings. The highest BCUT2D eigenvalue weighted by molar-refractivity contribution is 7.87. The van der Waals surface area contributed by atoms with Gasteiger partial charge in [-0.05, 0) is 20.8 Å². The van der Waals surface area contributed by atoms with Gasteiger partial charge in [-0.25, -0.2) is 0 Å². The van der Waals surface area contributed by atoms with Crippen LogP contribution in [0.25, 0.3) is 0 Å². The fourth-order valence-electron chi connectivity index (χ4n) is 1.69. The van der Waals surface area contributed by atoms with Gasteiger partial charge in [-0.2, -0.15) is 8.42 Å². The monoisotopic (exact) mass is 228 g/mol. The van der Waals surface area contributed by atoms with Gasteiger partial charge in [0.2, 0.25) is 0 Å². The van der Waals surface area contributed by atoms with Crippen LogP contribution in [0, 0.1) is 0 Å². The van der Waals surface area contributed by atoms with Crippen LogP contribution in [0.5, 0.6) is 0 Å². The Hall–Kier alpha value is -0.210. The smallest absolute Gasteiger partial charge is 0.278 e. The van der Waals surface area contributed by atoms with Crippen LogP contribution >= 0.6 is 0 Å². The maximum absolute atomic E-state index is 11.1. The lowest BCUT2D eigenvalue weighted by Crippen LogP contribution is -2.62. The number of aliphatic hydroxyl groups excluding tert-OH is 3. The van der Waals surface area contributed by atoms with Crippen molar-refractivity contribution in [3.8, 4) is 0 Å². The fraction of sp³-hybridized carbons (Fsp3) is 1.00. The normalized spacial score (nSPS) is 23.6. The van der Waals surface area contributed by atoms with Crippen molar-refractivity contribution in [1.29, 1.82) is 0 Å². The summed E-state index contributed by atoms with van der Waals surface area (Å²) in [5, 5.41) is 27.8. The summed E-state index contributed by atoms with van der Waals surface area (Å²) in [6, 6.07) is 0. The molecule has 0 aliphatic carbocycles. The van der Waals surface area contributed by atoms with E-state index in [1.807, 2.05) is 0 Å². The summed E-state index contributed by atoms with van der Waals surface area (Å²) in [5.74, 6) is 0. The molecule has 0 aromatic rings. The molecule has 0 saturated carbocycles. The third kappa shape index (κ3) is 1.91. The molecule has 0 amide bonds. The molecule has 3 atom stereocenters. The van der Waals surface area contributed by atoms with Crippen molar-refractivity contribution in [2.75, 3.05) is 0 Å². The van der Waals surface area contributed by atoms with Gasteiger partial charge in [0, 0.05) is 0 Å². The van der Waals surface area contributed by atoms with E-state index in [-0.39, 0.29) is 0 Å².